The minimum Gasteiger partial charge on any atom is -0.496 e. The predicted molar refractivity (Wildman–Crippen MR) is 70.4 cm³/mol. The van der Waals surface area contributed by atoms with Crippen molar-refractivity contribution in [1.82, 2.24) is 4.98 Å². The SMILES string of the molecule is COc1ccc(Cl)cc1C(=O)c1ccncc1C. The minimum absolute atomic E-state index is 0.116. The van der Waals surface area contributed by atoms with Crippen molar-refractivity contribution in [1.29, 1.82) is 0 Å². The van der Waals surface area contributed by atoms with Gasteiger partial charge < -0.3 is 4.74 Å². The van der Waals surface area contributed by atoms with Gasteiger partial charge in [-0.3, -0.25) is 9.78 Å². The van der Waals surface area contributed by atoms with E-state index in [1.54, 1.807) is 36.7 Å². The van der Waals surface area contributed by atoms with Gasteiger partial charge in [0, 0.05) is 23.0 Å². The maximum absolute atomic E-state index is 12.4. The lowest BCUT2D eigenvalue weighted by atomic mass is 10.00. The molecule has 0 aliphatic carbocycles. The summed E-state index contributed by atoms with van der Waals surface area (Å²) in [7, 11) is 1.53. The Kier molecular flexibility index (Phi) is 3.63. The van der Waals surface area contributed by atoms with Crippen LogP contribution in [0.5, 0.6) is 5.75 Å². The summed E-state index contributed by atoms with van der Waals surface area (Å²) in [5, 5.41) is 0.505. The van der Waals surface area contributed by atoms with E-state index in [2.05, 4.69) is 4.98 Å². The molecule has 0 radical (unpaired) electrons. The van der Waals surface area contributed by atoms with E-state index in [4.69, 9.17) is 16.3 Å². The minimum atomic E-state index is -0.116. The zero-order chi connectivity index (χ0) is 13.1. The lowest BCUT2D eigenvalue weighted by Crippen LogP contribution is -2.06. The van der Waals surface area contributed by atoms with Gasteiger partial charge in [-0.25, -0.2) is 0 Å². The molecule has 4 heteroatoms. The van der Waals surface area contributed by atoms with Crippen LogP contribution in [0.25, 0.3) is 0 Å². The largest absolute Gasteiger partial charge is 0.496 e. The molecule has 3 nitrogen and oxygen atoms in total. The number of hydrogen-bond acceptors (Lipinski definition) is 3. The Bertz CT molecular complexity index is 596. The Morgan fingerprint density at radius 1 is 1.28 bits per heavy atom. The molecule has 0 bridgehead atoms. The second-order valence-corrected chi connectivity index (χ2v) is 4.30. The average molecular weight is 262 g/mol. The molecular weight excluding hydrogens is 250 g/mol. The highest BCUT2D eigenvalue weighted by atomic mass is 35.5. The highest BCUT2D eigenvalue weighted by Gasteiger charge is 2.16. The standard InChI is InChI=1S/C14H12ClNO2/c1-9-8-16-6-5-11(9)14(17)12-7-10(15)3-4-13(12)18-2/h3-8H,1-2H3. The fraction of sp³-hybridized carbons (Fsp3) is 0.143. The van der Waals surface area contributed by atoms with Gasteiger partial charge in [0.1, 0.15) is 5.75 Å². The molecule has 1 aromatic heterocycles. The van der Waals surface area contributed by atoms with E-state index in [1.165, 1.54) is 7.11 Å². The summed E-state index contributed by atoms with van der Waals surface area (Å²) in [6.07, 6.45) is 3.25. The lowest BCUT2D eigenvalue weighted by molar-refractivity contribution is 0.103. The van der Waals surface area contributed by atoms with Gasteiger partial charge in [0.25, 0.3) is 0 Å². The molecule has 1 aromatic carbocycles. The van der Waals surface area contributed by atoms with Crippen LogP contribution in [0.15, 0.2) is 36.7 Å². The number of pyridine rings is 1. The molecule has 0 N–H and O–H groups in total. The molecule has 0 atom stereocenters. The van der Waals surface area contributed by atoms with Gasteiger partial charge in [-0.2, -0.15) is 0 Å². The van der Waals surface area contributed by atoms with E-state index >= 15 is 0 Å². The molecule has 0 fully saturated rings. The Balaban J connectivity index is 2.52. The topological polar surface area (TPSA) is 39.2 Å². The summed E-state index contributed by atoms with van der Waals surface area (Å²) >= 11 is 5.92. The van der Waals surface area contributed by atoms with Crippen molar-refractivity contribution in [3.05, 3.63) is 58.4 Å². The highest BCUT2D eigenvalue weighted by molar-refractivity contribution is 6.31. The molecule has 0 spiro atoms. The van der Waals surface area contributed by atoms with Gasteiger partial charge in [0.2, 0.25) is 0 Å². The number of aryl methyl sites for hydroxylation is 1. The average Bonchev–Trinajstić information content (AvgIpc) is 2.38. The van der Waals surface area contributed by atoms with Crippen LogP contribution in [0.2, 0.25) is 5.02 Å². The van der Waals surface area contributed by atoms with Crippen LogP contribution < -0.4 is 4.74 Å². The number of methoxy groups -OCH3 is 1. The number of carbonyl (C=O) groups is 1. The van der Waals surface area contributed by atoms with E-state index in [0.717, 1.165) is 5.56 Å². The molecule has 0 saturated carbocycles. The molecule has 2 aromatic rings. The molecule has 2 rings (SSSR count). The number of benzene rings is 1. The molecule has 0 aliphatic heterocycles. The molecule has 0 saturated heterocycles. The van der Waals surface area contributed by atoms with Crippen molar-refractivity contribution in [3.63, 3.8) is 0 Å². The fourth-order valence-electron chi connectivity index (χ4n) is 1.73. The summed E-state index contributed by atoms with van der Waals surface area (Å²) in [6.45, 7) is 1.84. The summed E-state index contributed by atoms with van der Waals surface area (Å²) in [6, 6.07) is 6.68. The molecule has 18 heavy (non-hydrogen) atoms. The van der Waals surface area contributed by atoms with E-state index < -0.39 is 0 Å². The fourth-order valence-corrected chi connectivity index (χ4v) is 1.90. The summed E-state index contributed by atoms with van der Waals surface area (Å²) < 4.78 is 5.19. The number of nitrogens with zero attached hydrogens (tertiary/aromatic N) is 1. The molecule has 92 valence electrons. The maximum Gasteiger partial charge on any atom is 0.197 e. The molecule has 0 amide bonds. The zero-order valence-electron chi connectivity index (χ0n) is 10.1. The van der Waals surface area contributed by atoms with Crippen molar-refractivity contribution >= 4 is 17.4 Å². The Morgan fingerprint density at radius 2 is 2.06 bits per heavy atom. The number of ketones is 1. The van der Waals surface area contributed by atoms with Gasteiger partial charge in [-0.15, -0.1) is 0 Å². The normalized spacial score (nSPS) is 10.2. The second-order valence-electron chi connectivity index (χ2n) is 3.86. The Morgan fingerprint density at radius 3 is 2.72 bits per heavy atom. The van der Waals surface area contributed by atoms with Crippen molar-refractivity contribution in [2.24, 2.45) is 0 Å². The smallest absolute Gasteiger partial charge is 0.197 e. The first-order chi connectivity index (χ1) is 8.63. The number of carbonyl (C=O) groups excluding carboxylic acids is 1. The van der Waals surface area contributed by atoms with Gasteiger partial charge >= 0.3 is 0 Å². The van der Waals surface area contributed by atoms with Crippen LogP contribution in [0.1, 0.15) is 21.5 Å². The number of aromatic nitrogens is 1. The lowest BCUT2D eigenvalue weighted by Gasteiger charge is -2.09. The number of halogens is 1. The monoisotopic (exact) mass is 261 g/mol. The first-order valence-corrected chi connectivity index (χ1v) is 5.80. The first-order valence-electron chi connectivity index (χ1n) is 5.42. The highest BCUT2D eigenvalue weighted by Crippen LogP contribution is 2.25. The van der Waals surface area contributed by atoms with E-state index in [1.807, 2.05) is 6.92 Å². The van der Waals surface area contributed by atoms with Crippen LogP contribution in [-0.4, -0.2) is 17.9 Å². The second kappa shape index (κ2) is 5.19. The Labute approximate surface area is 110 Å². The predicted octanol–water partition coefficient (Wildman–Crippen LogP) is 3.28. The van der Waals surface area contributed by atoms with Gasteiger partial charge in [0.15, 0.2) is 5.78 Å². The molecule has 0 aliphatic rings. The van der Waals surface area contributed by atoms with Crippen LogP contribution in [0.3, 0.4) is 0 Å². The first kappa shape index (κ1) is 12.6. The Hall–Kier alpha value is -1.87. The van der Waals surface area contributed by atoms with Crippen LogP contribution in [0, 0.1) is 6.92 Å². The van der Waals surface area contributed by atoms with Gasteiger partial charge in [0.05, 0.1) is 12.7 Å². The van der Waals surface area contributed by atoms with Crippen LogP contribution >= 0.6 is 11.6 Å². The maximum atomic E-state index is 12.4. The van der Waals surface area contributed by atoms with Crippen molar-refractivity contribution < 1.29 is 9.53 Å². The number of ether oxygens (including phenoxy) is 1. The van der Waals surface area contributed by atoms with Crippen LogP contribution in [0.4, 0.5) is 0 Å². The molecule has 1 heterocycles. The van der Waals surface area contributed by atoms with Gasteiger partial charge in [-0.05, 0) is 36.8 Å². The zero-order valence-corrected chi connectivity index (χ0v) is 10.9. The number of hydrogen-bond donors (Lipinski definition) is 0. The van der Waals surface area contributed by atoms with Crippen LogP contribution in [-0.2, 0) is 0 Å². The van der Waals surface area contributed by atoms with E-state index in [0.29, 0.717) is 21.9 Å². The molecule has 0 unspecified atom stereocenters. The summed E-state index contributed by atoms with van der Waals surface area (Å²) in [5.74, 6) is 0.398. The van der Waals surface area contributed by atoms with E-state index in [9.17, 15) is 4.79 Å². The van der Waals surface area contributed by atoms with Gasteiger partial charge in [-0.1, -0.05) is 11.6 Å². The number of rotatable bonds is 3. The third-order valence-corrected chi connectivity index (χ3v) is 2.91. The summed E-state index contributed by atoms with van der Waals surface area (Å²) in [4.78, 5) is 16.4. The summed E-state index contributed by atoms with van der Waals surface area (Å²) in [5.41, 5.74) is 1.88. The van der Waals surface area contributed by atoms with E-state index in [-0.39, 0.29) is 5.78 Å². The van der Waals surface area contributed by atoms with Crippen molar-refractivity contribution in [2.75, 3.05) is 7.11 Å². The molecular formula is C14H12ClNO2. The third kappa shape index (κ3) is 2.36. The third-order valence-electron chi connectivity index (χ3n) is 2.67. The quantitative estimate of drug-likeness (QED) is 0.796. The van der Waals surface area contributed by atoms with Crippen molar-refractivity contribution in [2.45, 2.75) is 6.92 Å². The van der Waals surface area contributed by atoms with Crippen molar-refractivity contribution in [3.8, 4) is 5.75 Å².